The molecule has 2 fully saturated rings. The topological polar surface area (TPSA) is 224 Å². The third-order valence-corrected chi connectivity index (χ3v) is 15.7. The second-order valence-electron chi connectivity index (χ2n) is 20.7. The normalized spacial score (nSPS) is 17.5. The second-order valence-corrected chi connectivity index (χ2v) is 21.7. The van der Waals surface area contributed by atoms with Crippen LogP contribution in [0.5, 0.6) is 34.5 Å². The summed E-state index contributed by atoms with van der Waals surface area (Å²) in [6.45, 7) is 8.63. The summed E-state index contributed by atoms with van der Waals surface area (Å²) >= 11 is 1.44. The summed E-state index contributed by atoms with van der Waals surface area (Å²) in [6, 6.07) is 32.3. The van der Waals surface area contributed by atoms with Crippen LogP contribution < -0.4 is 33.4 Å². The molecule has 2 unspecified atom stereocenters. The van der Waals surface area contributed by atoms with Gasteiger partial charge in [-0.15, -0.1) is 0 Å². The van der Waals surface area contributed by atoms with E-state index in [0.717, 1.165) is 73.7 Å². The summed E-state index contributed by atoms with van der Waals surface area (Å²) in [5.74, 6) is 0.389. The van der Waals surface area contributed by atoms with Crippen molar-refractivity contribution < 1.29 is 67.3 Å². The highest BCUT2D eigenvalue weighted by Crippen LogP contribution is 2.37. The Kier molecular flexibility index (Phi) is 24.1. The van der Waals surface area contributed by atoms with Crippen molar-refractivity contribution in [2.75, 3.05) is 31.4 Å². The highest BCUT2D eigenvalue weighted by Gasteiger charge is 2.34. The second kappa shape index (κ2) is 32.6. The summed E-state index contributed by atoms with van der Waals surface area (Å²) in [5.41, 5.74) is 1.16. The first-order valence-corrected chi connectivity index (χ1v) is 29.7. The number of anilines is 2. The van der Waals surface area contributed by atoms with Crippen LogP contribution in [0.4, 0.5) is 10.9 Å². The highest BCUT2D eigenvalue weighted by atomic mass is 32.1. The molecule has 0 aliphatic heterocycles. The molecule has 0 saturated heterocycles. The fraction of sp³-hybridized carbons (Fsp3) is 0.400. The van der Waals surface area contributed by atoms with Crippen molar-refractivity contribution in [3.8, 4) is 34.5 Å². The molecule has 2 heterocycles. The number of pyridine rings is 1. The standard InChI is InChI=1S/C65H74N4O14S/c1-3-59(70)78-41-15-7-5-13-39-76-50-28-32-52(33-29-50)80-61(72)45-20-22-47(23-21-45)63(74)82-54-36-37-56(49(43-54)44-67-69(58-19-11-12-38-66-58)65-68-55-17-9-10-18-57(55)84-65)83-64(75)48-26-24-46(25-27-48)62(73)81-53-34-30-51(31-35-53)77-40-14-6-8-16-42-79-60(71)4-2/h3-4,9-12,17-19,28-38,43-48,61-62,72-73H,1-2,5-8,13-16,20-27,39-42H2/b67-44-. The predicted molar refractivity (Wildman–Crippen MR) is 319 cm³/mol. The number of rotatable bonds is 32. The van der Waals surface area contributed by atoms with Gasteiger partial charge in [0.2, 0.25) is 5.13 Å². The van der Waals surface area contributed by atoms with Crippen molar-refractivity contribution in [2.45, 2.75) is 115 Å². The fourth-order valence-electron chi connectivity index (χ4n) is 9.87. The third kappa shape index (κ3) is 19.2. The number of carbonyl (C=O) groups excluding carboxylic acids is 4. The molecule has 0 radical (unpaired) electrons. The number of unbranched alkanes of at least 4 members (excludes halogenated alkanes) is 6. The maximum atomic E-state index is 14.0. The van der Waals surface area contributed by atoms with E-state index in [1.165, 1.54) is 17.6 Å². The average Bonchev–Trinajstić information content (AvgIpc) is 4.03. The summed E-state index contributed by atoms with van der Waals surface area (Å²) in [7, 11) is 0. The molecule has 2 N–H and O–H groups in total. The first-order chi connectivity index (χ1) is 41.0. The van der Waals surface area contributed by atoms with Crippen molar-refractivity contribution in [3.63, 3.8) is 0 Å². The Hall–Kier alpha value is -8.13. The summed E-state index contributed by atoms with van der Waals surface area (Å²) < 4.78 is 46.7. The van der Waals surface area contributed by atoms with E-state index in [-0.39, 0.29) is 23.3 Å². The number of ether oxygens (including phenoxy) is 8. The van der Waals surface area contributed by atoms with Crippen molar-refractivity contribution in [3.05, 3.63) is 146 Å². The van der Waals surface area contributed by atoms with Gasteiger partial charge in [0.05, 0.1) is 54.7 Å². The fourth-order valence-corrected chi connectivity index (χ4v) is 10.8. The van der Waals surface area contributed by atoms with E-state index in [4.69, 9.17) is 48.0 Å². The Morgan fingerprint density at radius 3 is 1.58 bits per heavy atom. The first kappa shape index (κ1) is 61.9. The lowest BCUT2D eigenvalue weighted by molar-refractivity contribution is -0.143. The van der Waals surface area contributed by atoms with Crippen molar-refractivity contribution in [2.24, 2.45) is 28.8 Å². The van der Waals surface area contributed by atoms with Gasteiger partial charge in [-0.05, 0) is 194 Å². The van der Waals surface area contributed by atoms with E-state index in [1.807, 2.05) is 36.4 Å². The Labute approximate surface area is 494 Å². The van der Waals surface area contributed by atoms with Crippen LogP contribution in [0.2, 0.25) is 0 Å². The van der Waals surface area contributed by atoms with Crippen LogP contribution in [-0.4, -0.2) is 89.3 Å². The van der Waals surface area contributed by atoms with Crippen LogP contribution in [0, 0.1) is 23.7 Å². The van der Waals surface area contributed by atoms with Gasteiger partial charge in [0.25, 0.3) is 0 Å². The van der Waals surface area contributed by atoms with Gasteiger partial charge in [0.1, 0.15) is 34.5 Å². The number of aliphatic hydroxyl groups excluding tert-OH is 2. The maximum absolute atomic E-state index is 14.0. The van der Waals surface area contributed by atoms with Crippen LogP contribution in [0.1, 0.15) is 108 Å². The van der Waals surface area contributed by atoms with Crippen molar-refractivity contribution >= 4 is 62.6 Å². The number of aromatic nitrogens is 2. The van der Waals surface area contributed by atoms with Crippen LogP contribution in [-0.2, 0) is 28.7 Å². The van der Waals surface area contributed by atoms with Gasteiger partial charge in [-0.3, -0.25) is 9.59 Å². The predicted octanol–water partition coefficient (Wildman–Crippen LogP) is 12.4. The zero-order valence-electron chi connectivity index (χ0n) is 47.2. The molecule has 0 spiro atoms. The monoisotopic (exact) mass is 1170 g/mol. The molecular weight excluding hydrogens is 1090 g/mol. The van der Waals surface area contributed by atoms with E-state index >= 15 is 0 Å². The number of hydrazone groups is 1. The molecule has 18 nitrogen and oxygen atoms in total. The number of esters is 4. The molecule has 84 heavy (non-hydrogen) atoms. The van der Waals surface area contributed by atoms with Gasteiger partial charge in [0.15, 0.2) is 18.4 Å². The minimum Gasteiger partial charge on any atom is -0.494 e. The van der Waals surface area contributed by atoms with Crippen LogP contribution in [0.15, 0.2) is 146 Å². The molecule has 2 aromatic heterocycles. The van der Waals surface area contributed by atoms with Crippen LogP contribution in [0.3, 0.4) is 0 Å². The van der Waals surface area contributed by atoms with E-state index in [1.54, 1.807) is 84.0 Å². The van der Waals surface area contributed by atoms with Gasteiger partial charge in [-0.1, -0.05) is 42.7 Å². The molecule has 0 bridgehead atoms. The Morgan fingerprint density at radius 1 is 0.583 bits per heavy atom. The number of carbonyl (C=O) groups is 4. The Balaban J connectivity index is 0.838. The van der Waals surface area contributed by atoms with Gasteiger partial charge in [-0.2, -0.15) is 10.1 Å². The van der Waals surface area contributed by atoms with Crippen LogP contribution in [0.25, 0.3) is 10.2 Å². The SMILES string of the molecule is C=CC(=O)OCCCCCCOc1ccc(OC(O)C2CCC(C(=O)Oc3ccc(OC(=O)C4CCC(C(O)Oc5ccc(OCCCCCCOC(=O)C=C)cc5)CC4)c(/C=N\N(c4ccccn4)c4nc5ccccc5s4)c3)CC2)cc1. The number of hydrogen-bond donors (Lipinski definition) is 2. The van der Waals surface area contributed by atoms with Gasteiger partial charge in [0, 0.05) is 35.7 Å². The molecule has 19 heteroatoms. The van der Waals surface area contributed by atoms with Crippen molar-refractivity contribution in [1.29, 1.82) is 0 Å². The molecule has 2 aliphatic carbocycles. The molecular formula is C65H74N4O14S. The zero-order chi connectivity index (χ0) is 58.9. The lowest BCUT2D eigenvalue weighted by atomic mass is 9.81. The third-order valence-electron chi connectivity index (χ3n) is 14.7. The van der Waals surface area contributed by atoms with Crippen molar-refractivity contribution in [1.82, 2.24) is 9.97 Å². The largest absolute Gasteiger partial charge is 0.494 e. The lowest BCUT2D eigenvalue weighted by Crippen LogP contribution is -2.33. The number of fused-ring (bicyclic) bond motifs is 1. The summed E-state index contributed by atoms with van der Waals surface area (Å²) in [6.07, 6.45) is 14.4. The number of para-hydroxylation sites is 1. The average molecular weight is 1170 g/mol. The number of aliphatic hydroxyl groups is 2. The molecule has 6 aromatic rings. The zero-order valence-corrected chi connectivity index (χ0v) is 48.0. The quantitative estimate of drug-likeness (QED) is 0.00762. The lowest BCUT2D eigenvalue weighted by Gasteiger charge is -2.30. The summed E-state index contributed by atoms with van der Waals surface area (Å²) in [5, 5.41) is 29.2. The number of hydrogen-bond acceptors (Lipinski definition) is 19. The van der Waals surface area contributed by atoms with E-state index in [2.05, 4.69) is 18.1 Å². The van der Waals surface area contributed by atoms with E-state index < -0.39 is 48.3 Å². The first-order valence-electron chi connectivity index (χ1n) is 28.9. The Morgan fingerprint density at radius 2 is 1.07 bits per heavy atom. The van der Waals surface area contributed by atoms with Gasteiger partial charge >= 0.3 is 23.9 Å². The van der Waals surface area contributed by atoms with E-state index in [9.17, 15) is 29.4 Å². The molecule has 444 valence electrons. The molecule has 4 aromatic carbocycles. The van der Waals surface area contributed by atoms with Gasteiger partial charge < -0.3 is 48.1 Å². The molecule has 2 saturated carbocycles. The molecule has 2 atom stereocenters. The van der Waals surface area contributed by atoms with Crippen LogP contribution >= 0.6 is 11.3 Å². The smallest absolute Gasteiger partial charge is 0.330 e. The number of benzene rings is 4. The summed E-state index contributed by atoms with van der Waals surface area (Å²) in [4.78, 5) is 59.5. The number of thiazole rings is 1. The Bertz CT molecular complexity index is 3050. The molecule has 8 rings (SSSR count). The highest BCUT2D eigenvalue weighted by molar-refractivity contribution is 7.22. The van der Waals surface area contributed by atoms with Gasteiger partial charge in [-0.25, -0.2) is 19.6 Å². The minimum absolute atomic E-state index is 0.194. The van der Waals surface area contributed by atoms with E-state index in [0.29, 0.717) is 117 Å². The molecule has 0 amide bonds. The minimum atomic E-state index is -1.08. The maximum Gasteiger partial charge on any atom is 0.330 e. The molecule has 2 aliphatic rings. The number of nitrogens with zero attached hydrogens (tertiary/aromatic N) is 4.